The van der Waals surface area contributed by atoms with Gasteiger partial charge in [0.05, 0.1) is 12.2 Å². The fraction of sp³-hybridized carbons (Fsp3) is 0.478. The molecule has 152 valence electrons. The molecule has 6 heteroatoms. The summed E-state index contributed by atoms with van der Waals surface area (Å²) in [5, 5.41) is 4.87. The summed E-state index contributed by atoms with van der Waals surface area (Å²) in [6.07, 6.45) is 6.60. The van der Waals surface area contributed by atoms with Crippen LogP contribution in [0.4, 0.5) is 16.0 Å². The third-order valence-corrected chi connectivity index (χ3v) is 6.54. The molecule has 0 spiro atoms. The van der Waals surface area contributed by atoms with Crippen LogP contribution in [-0.4, -0.2) is 34.2 Å². The number of nitrogens with zero attached hydrogens (tertiary/aromatic N) is 5. The van der Waals surface area contributed by atoms with E-state index in [9.17, 15) is 4.39 Å². The SMILES string of the molecule is CC1(C)CCN(c2cn3nc(N4CCC[C@@H]4c4ccc(F)cc4)ccc3n2)CC1. The van der Waals surface area contributed by atoms with Crippen LogP contribution in [0.15, 0.2) is 42.6 Å². The van der Waals surface area contributed by atoms with Gasteiger partial charge in [-0.05, 0) is 60.9 Å². The second-order valence-corrected chi connectivity index (χ2v) is 9.15. The molecular weight excluding hydrogens is 365 g/mol. The van der Waals surface area contributed by atoms with Gasteiger partial charge in [0, 0.05) is 19.6 Å². The molecule has 3 aromatic rings. The van der Waals surface area contributed by atoms with E-state index in [1.54, 1.807) is 12.1 Å². The van der Waals surface area contributed by atoms with Crippen molar-refractivity contribution in [3.8, 4) is 0 Å². The lowest BCUT2D eigenvalue weighted by Gasteiger charge is -2.36. The van der Waals surface area contributed by atoms with Crippen molar-refractivity contribution in [2.45, 2.75) is 45.6 Å². The van der Waals surface area contributed by atoms with Crippen molar-refractivity contribution in [2.75, 3.05) is 29.4 Å². The van der Waals surface area contributed by atoms with Crippen LogP contribution in [0.2, 0.25) is 0 Å². The van der Waals surface area contributed by atoms with E-state index in [2.05, 4.69) is 42.0 Å². The molecule has 0 unspecified atom stereocenters. The third-order valence-electron chi connectivity index (χ3n) is 6.54. The third kappa shape index (κ3) is 3.56. The standard InChI is InChI=1S/C23H28FN5/c1-23(2)11-14-27(15-12-23)22-16-29-20(25-22)9-10-21(26-29)28-13-3-4-19(28)17-5-7-18(24)8-6-17/h5-10,16,19H,3-4,11-15H2,1-2H3/t19-/m1/s1. The monoisotopic (exact) mass is 393 g/mol. The van der Waals surface area contributed by atoms with Crippen molar-refractivity contribution >= 4 is 17.3 Å². The number of hydrogen-bond donors (Lipinski definition) is 0. The van der Waals surface area contributed by atoms with Gasteiger partial charge in [0.15, 0.2) is 5.65 Å². The first-order valence-electron chi connectivity index (χ1n) is 10.6. The Labute approximate surface area is 171 Å². The van der Waals surface area contributed by atoms with Crippen molar-refractivity contribution in [1.29, 1.82) is 0 Å². The molecule has 2 aromatic heterocycles. The van der Waals surface area contributed by atoms with Crippen molar-refractivity contribution in [3.05, 3.63) is 54.0 Å². The zero-order chi connectivity index (χ0) is 20.0. The minimum atomic E-state index is -0.190. The summed E-state index contributed by atoms with van der Waals surface area (Å²) in [6.45, 7) is 7.74. The molecule has 0 aliphatic carbocycles. The van der Waals surface area contributed by atoms with Gasteiger partial charge in [0.2, 0.25) is 0 Å². The molecule has 2 saturated heterocycles. The van der Waals surface area contributed by atoms with E-state index >= 15 is 0 Å². The molecule has 2 aliphatic heterocycles. The topological polar surface area (TPSA) is 36.7 Å². The molecule has 5 nitrogen and oxygen atoms in total. The highest BCUT2D eigenvalue weighted by molar-refractivity contribution is 5.54. The molecule has 5 rings (SSSR count). The van der Waals surface area contributed by atoms with Gasteiger partial charge >= 0.3 is 0 Å². The van der Waals surface area contributed by atoms with Crippen LogP contribution in [-0.2, 0) is 0 Å². The number of imidazole rings is 1. The van der Waals surface area contributed by atoms with Crippen LogP contribution in [0, 0.1) is 11.2 Å². The molecule has 0 bridgehead atoms. The van der Waals surface area contributed by atoms with E-state index in [4.69, 9.17) is 10.1 Å². The summed E-state index contributed by atoms with van der Waals surface area (Å²) < 4.78 is 15.2. The van der Waals surface area contributed by atoms with Gasteiger partial charge < -0.3 is 9.80 Å². The van der Waals surface area contributed by atoms with Crippen LogP contribution in [0.1, 0.15) is 51.1 Å². The van der Waals surface area contributed by atoms with Gasteiger partial charge in [-0.15, -0.1) is 5.10 Å². The number of fused-ring (bicyclic) bond motifs is 1. The van der Waals surface area contributed by atoms with Gasteiger partial charge in [-0.2, -0.15) is 0 Å². The number of hydrogen-bond acceptors (Lipinski definition) is 4. The highest BCUT2D eigenvalue weighted by atomic mass is 19.1. The average molecular weight is 394 g/mol. The highest BCUT2D eigenvalue weighted by Gasteiger charge is 2.29. The predicted molar refractivity (Wildman–Crippen MR) is 114 cm³/mol. The Morgan fingerprint density at radius 3 is 2.48 bits per heavy atom. The summed E-state index contributed by atoms with van der Waals surface area (Å²) in [6, 6.07) is 11.2. The minimum absolute atomic E-state index is 0.190. The maximum absolute atomic E-state index is 13.3. The van der Waals surface area contributed by atoms with Crippen molar-refractivity contribution in [2.24, 2.45) is 5.41 Å². The number of aromatic nitrogens is 3. The molecule has 0 saturated carbocycles. The van der Waals surface area contributed by atoms with Gasteiger partial charge in [0.1, 0.15) is 17.5 Å². The van der Waals surface area contributed by atoms with Crippen molar-refractivity contribution in [1.82, 2.24) is 14.6 Å². The molecule has 0 N–H and O–H groups in total. The first kappa shape index (κ1) is 18.4. The molecule has 1 aromatic carbocycles. The van der Waals surface area contributed by atoms with E-state index in [0.717, 1.165) is 55.3 Å². The van der Waals surface area contributed by atoms with Crippen LogP contribution in [0.5, 0.6) is 0 Å². The molecule has 4 heterocycles. The molecule has 2 aliphatic rings. The van der Waals surface area contributed by atoms with Crippen molar-refractivity contribution < 1.29 is 4.39 Å². The minimum Gasteiger partial charge on any atom is -0.355 e. The van der Waals surface area contributed by atoms with Crippen molar-refractivity contribution in [3.63, 3.8) is 0 Å². The van der Waals surface area contributed by atoms with Crippen LogP contribution >= 0.6 is 0 Å². The fourth-order valence-electron chi connectivity index (χ4n) is 4.58. The average Bonchev–Trinajstić information content (AvgIpc) is 3.35. The van der Waals surface area contributed by atoms with Crippen LogP contribution < -0.4 is 9.80 Å². The zero-order valence-electron chi connectivity index (χ0n) is 17.2. The number of halogens is 1. The zero-order valence-corrected chi connectivity index (χ0v) is 17.2. The lowest BCUT2D eigenvalue weighted by atomic mass is 9.83. The first-order valence-corrected chi connectivity index (χ1v) is 10.6. The Balaban J connectivity index is 1.40. The van der Waals surface area contributed by atoms with Crippen LogP contribution in [0.25, 0.3) is 5.65 Å². The Hall–Kier alpha value is -2.63. The van der Waals surface area contributed by atoms with Crippen LogP contribution in [0.3, 0.4) is 0 Å². The lowest BCUT2D eigenvalue weighted by Crippen LogP contribution is -2.37. The molecule has 1 atom stereocenters. The smallest absolute Gasteiger partial charge is 0.156 e. The Kier molecular flexibility index (Phi) is 4.45. The summed E-state index contributed by atoms with van der Waals surface area (Å²) in [4.78, 5) is 9.51. The lowest BCUT2D eigenvalue weighted by molar-refractivity contribution is 0.279. The summed E-state index contributed by atoms with van der Waals surface area (Å²) in [5.41, 5.74) is 2.45. The van der Waals surface area contributed by atoms with Gasteiger partial charge in [-0.1, -0.05) is 26.0 Å². The Bertz CT molecular complexity index is 1000. The normalized spacial score (nSPS) is 21.8. The number of piperidine rings is 1. The molecule has 29 heavy (non-hydrogen) atoms. The summed E-state index contributed by atoms with van der Waals surface area (Å²) >= 11 is 0. The highest BCUT2D eigenvalue weighted by Crippen LogP contribution is 2.36. The first-order chi connectivity index (χ1) is 14.0. The van der Waals surface area contributed by atoms with Gasteiger partial charge in [-0.3, -0.25) is 0 Å². The molecular formula is C23H28FN5. The molecule has 0 amide bonds. The van der Waals surface area contributed by atoms with Gasteiger partial charge in [0.25, 0.3) is 0 Å². The number of anilines is 2. The fourth-order valence-corrected chi connectivity index (χ4v) is 4.58. The maximum Gasteiger partial charge on any atom is 0.156 e. The van der Waals surface area contributed by atoms with E-state index in [1.807, 2.05) is 16.6 Å². The Morgan fingerprint density at radius 1 is 0.966 bits per heavy atom. The molecule has 0 radical (unpaired) electrons. The molecule has 2 fully saturated rings. The number of benzene rings is 1. The maximum atomic E-state index is 13.3. The van der Waals surface area contributed by atoms with E-state index in [1.165, 1.54) is 12.8 Å². The second-order valence-electron chi connectivity index (χ2n) is 9.15. The van der Waals surface area contributed by atoms with E-state index in [-0.39, 0.29) is 11.9 Å². The van der Waals surface area contributed by atoms with Gasteiger partial charge in [-0.25, -0.2) is 13.9 Å². The number of rotatable bonds is 3. The summed E-state index contributed by atoms with van der Waals surface area (Å²) in [5.74, 6) is 1.78. The predicted octanol–water partition coefficient (Wildman–Crippen LogP) is 4.84. The Morgan fingerprint density at radius 2 is 1.72 bits per heavy atom. The second kappa shape index (κ2) is 7.01. The summed E-state index contributed by atoms with van der Waals surface area (Å²) in [7, 11) is 0. The van der Waals surface area contributed by atoms with E-state index in [0.29, 0.717) is 5.41 Å². The quantitative estimate of drug-likeness (QED) is 0.638. The van der Waals surface area contributed by atoms with E-state index < -0.39 is 0 Å². The largest absolute Gasteiger partial charge is 0.355 e.